The fraction of sp³-hybridized carbons (Fsp3) is 0.227. The minimum absolute atomic E-state index is 0.224. The molecule has 2 heterocycles. The summed E-state index contributed by atoms with van der Waals surface area (Å²) in [4.78, 5) is 24.3. The SMILES string of the molecule is Cc1noc(C)c1COc1ccc(C(=O)Nc2ccc3c(c2)NC(=O)C(C)O3)cc1. The second-order valence-electron chi connectivity index (χ2n) is 7.03. The summed E-state index contributed by atoms with van der Waals surface area (Å²) in [5.74, 6) is 1.43. The molecule has 8 heteroatoms. The van der Waals surface area contributed by atoms with Gasteiger partial charge in [0.05, 0.1) is 16.9 Å². The Hall–Kier alpha value is -3.81. The Bertz CT molecular complexity index is 1080. The molecule has 0 spiro atoms. The highest BCUT2D eigenvalue weighted by molar-refractivity contribution is 6.05. The van der Waals surface area contributed by atoms with E-state index in [9.17, 15) is 9.59 Å². The van der Waals surface area contributed by atoms with Crippen molar-refractivity contribution in [3.05, 3.63) is 65.0 Å². The van der Waals surface area contributed by atoms with Crippen LogP contribution in [0.2, 0.25) is 0 Å². The van der Waals surface area contributed by atoms with Crippen molar-refractivity contribution in [3.63, 3.8) is 0 Å². The Labute approximate surface area is 173 Å². The van der Waals surface area contributed by atoms with Gasteiger partial charge in [-0.2, -0.15) is 0 Å². The number of carbonyl (C=O) groups excluding carboxylic acids is 2. The van der Waals surface area contributed by atoms with E-state index >= 15 is 0 Å². The van der Waals surface area contributed by atoms with E-state index in [2.05, 4.69) is 15.8 Å². The number of amides is 2. The van der Waals surface area contributed by atoms with Crippen molar-refractivity contribution in [2.45, 2.75) is 33.5 Å². The first-order valence-electron chi connectivity index (χ1n) is 9.48. The van der Waals surface area contributed by atoms with Gasteiger partial charge in [0.2, 0.25) is 0 Å². The van der Waals surface area contributed by atoms with Gasteiger partial charge in [0.15, 0.2) is 6.10 Å². The van der Waals surface area contributed by atoms with Crippen LogP contribution in [0.25, 0.3) is 0 Å². The molecule has 0 fully saturated rings. The molecular formula is C22H21N3O5. The van der Waals surface area contributed by atoms with Crippen molar-refractivity contribution in [2.75, 3.05) is 10.6 Å². The molecule has 1 atom stereocenters. The molecule has 1 unspecified atom stereocenters. The molecule has 30 heavy (non-hydrogen) atoms. The number of hydrogen-bond acceptors (Lipinski definition) is 6. The van der Waals surface area contributed by atoms with Gasteiger partial charge in [-0.3, -0.25) is 9.59 Å². The van der Waals surface area contributed by atoms with E-state index in [1.54, 1.807) is 49.4 Å². The van der Waals surface area contributed by atoms with Crippen LogP contribution < -0.4 is 20.1 Å². The second kappa shape index (κ2) is 7.90. The number of hydrogen-bond donors (Lipinski definition) is 2. The summed E-state index contributed by atoms with van der Waals surface area (Å²) in [6.07, 6.45) is -0.545. The molecule has 1 aliphatic heterocycles. The monoisotopic (exact) mass is 407 g/mol. The van der Waals surface area contributed by atoms with Crippen LogP contribution in [0.15, 0.2) is 47.0 Å². The van der Waals surface area contributed by atoms with Crippen molar-refractivity contribution in [1.29, 1.82) is 0 Å². The first-order chi connectivity index (χ1) is 14.4. The fourth-order valence-electron chi connectivity index (χ4n) is 3.06. The van der Waals surface area contributed by atoms with Crippen LogP contribution >= 0.6 is 0 Å². The maximum atomic E-state index is 12.6. The highest BCUT2D eigenvalue weighted by Crippen LogP contribution is 2.32. The Kier molecular flexibility index (Phi) is 5.14. The average molecular weight is 407 g/mol. The van der Waals surface area contributed by atoms with Gasteiger partial charge in [-0.15, -0.1) is 0 Å². The van der Waals surface area contributed by atoms with Crippen LogP contribution in [-0.4, -0.2) is 23.1 Å². The van der Waals surface area contributed by atoms with Crippen molar-refractivity contribution in [2.24, 2.45) is 0 Å². The average Bonchev–Trinajstić information content (AvgIpc) is 3.05. The Balaban J connectivity index is 1.39. The Morgan fingerprint density at radius 3 is 2.67 bits per heavy atom. The third kappa shape index (κ3) is 3.98. The van der Waals surface area contributed by atoms with Gasteiger partial charge in [0, 0.05) is 11.3 Å². The summed E-state index contributed by atoms with van der Waals surface area (Å²) in [7, 11) is 0. The van der Waals surface area contributed by atoms with E-state index in [0.29, 0.717) is 35.0 Å². The zero-order chi connectivity index (χ0) is 21.3. The number of ether oxygens (including phenoxy) is 2. The van der Waals surface area contributed by atoms with Crippen LogP contribution in [0.1, 0.15) is 34.3 Å². The molecule has 0 bridgehead atoms. The number of fused-ring (bicyclic) bond motifs is 1. The predicted octanol–water partition coefficient (Wildman–Crippen LogP) is 3.84. The molecule has 2 aromatic carbocycles. The lowest BCUT2D eigenvalue weighted by Gasteiger charge is -2.23. The van der Waals surface area contributed by atoms with Gasteiger partial charge in [0.25, 0.3) is 11.8 Å². The number of nitrogens with one attached hydrogen (secondary N) is 2. The van der Waals surface area contributed by atoms with E-state index in [4.69, 9.17) is 14.0 Å². The first-order valence-corrected chi connectivity index (χ1v) is 9.48. The van der Waals surface area contributed by atoms with E-state index in [1.165, 1.54) is 0 Å². The van der Waals surface area contributed by atoms with E-state index < -0.39 is 6.10 Å². The zero-order valence-electron chi connectivity index (χ0n) is 16.8. The van der Waals surface area contributed by atoms with E-state index in [0.717, 1.165) is 17.0 Å². The van der Waals surface area contributed by atoms with Crippen molar-refractivity contribution in [1.82, 2.24) is 5.16 Å². The molecular weight excluding hydrogens is 386 g/mol. The van der Waals surface area contributed by atoms with Gasteiger partial charge in [-0.05, 0) is 63.2 Å². The molecule has 1 aliphatic rings. The maximum absolute atomic E-state index is 12.6. The predicted molar refractivity (Wildman–Crippen MR) is 110 cm³/mol. The first kappa shape index (κ1) is 19.5. The summed E-state index contributed by atoms with van der Waals surface area (Å²) >= 11 is 0. The van der Waals surface area contributed by atoms with E-state index in [1.807, 2.05) is 13.8 Å². The lowest BCUT2D eigenvalue weighted by molar-refractivity contribution is -0.122. The molecule has 154 valence electrons. The van der Waals surface area contributed by atoms with Gasteiger partial charge in [-0.1, -0.05) is 5.16 Å². The number of carbonyl (C=O) groups is 2. The molecule has 2 amide bonds. The molecule has 4 rings (SSSR count). The number of rotatable bonds is 5. The minimum Gasteiger partial charge on any atom is -0.489 e. The number of aromatic nitrogens is 1. The highest BCUT2D eigenvalue weighted by atomic mass is 16.5. The lowest BCUT2D eigenvalue weighted by Crippen LogP contribution is -2.34. The maximum Gasteiger partial charge on any atom is 0.265 e. The summed E-state index contributed by atoms with van der Waals surface area (Å²) in [6.45, 7) is 5.72. The molecule has 2 N–H and O–H groups in total. The Morgan fingerprint density at radius 1 is 1.20 bits per heavy atom. The van der Waals surface area contributed by atoms with Crippen LogP contribution in [0.5, 0.6) is 11.5 Å². The number of anilines is 2. The summed E-state index contributed by atoms with van der Waals surface area (Å²) < 4.78 is 16.4. The summed E-state index contributed by atoms with van der Waals surface area (Å²) in [5.41, 5.74) is 3.26. The molecule has 0 saturated carbocycles. The smallest absolute Gasteiger partial charge is 0.265 e. The van der Waals surface area contributed by atoms with E-state index in [-0.39, 0.29) is 11.8 Å². The quantitative estimate of drug-likeness (QED) is 0.666. The topological polar surface area (TPSA) is 103 Å². The van der Waals surface area contributed by atoms with Gasteiger partial charge in [0.1, 0.15) is 23.9 Å². The van der Waals surface area contributed by atoms with Crippen LogP contribution in [-0.2, 0) is 11.4 Å². The molecule has 0 saturated heterocycles. The van der Waals surface area contributed by atoms with Gasteiger partial charge < -0.3 is 24.6 Å². The van der Waals surface area contributed by atoms with Crippen molar-refractivity contribution >= 4 is 23.2 Å². The highest BCUT2D eigenvalue weighted by Gasteiger charge is 2.23. The molecule has 8 nitrogen and oxygen atoms in total. The van der Waals surface area contributed by atoms with Crippen LogP contribution in [0.4, 0.5) is 11.4 Å². The van der Waals surface area contributed by atoms with Gasteiger partial charge >= 0.3 is 0 Å². The molecule has 1 aromatic heterocycles. The lowest BCUT2D eigenvalue weighted by atomic mass is 10.1. The second-order valence-corrected chi connectivity index (χ2v) is 7.03. The third-order valence-corrected chi connectivity index (χ3v) is 4.85. The Morgan fingerprint density at radius 2 is 1.97 bits per heavy atom. The van der Waals surface area contributed by atoms with Crippen molar-refractivity contribution in [3.8, 4) is 11.5 Å². The zero-order valence-corrected chi connectivity index (χ0v) is 16.8. The third-order valence-electron chi connectivity index (χ3n) is 4.85. The normalized spacial score (nSPS) is 15.0. The molecule has 3 aromatic rings. The van der Waals surface area contributed by atoms with Crippen LogP contribution in [0.3, 0.4) is 0 Å². The van der Waals surface area contributed by atoms with Gasteiger partial charge in [-0.25, -0.2) is 0 Å². The summed E-state index contributed by atoms with van der Waals surface area (Å²) in [6, 6.07) is 11.9. The molecule has 0 radical (unpaired) electrons. The minimum atomic E-state index is -0.545. The number of benzene rings is 2. The fourth-order valence-corrected chi connectivity index (χ4v) is 3.06. The van der Waals surface area contributed by atoms with Crippen LogP contribution in [0, 0.1) is 13.8 Å². The largest absolute Gasteiger partial charge is 0.489 e. The number of nitrogens with zero attached hydrogens (tertiary/aromatic N) is 1. The van der Waals surface area contributed by atoms with Crippen molar-refractivity contribution < 1.29 is 23.6 Å². The molecule has 0 aliphatic carbocycles. The number of aryl methyl sites for hydroxylation is 2. The standard InChI is InChI=1S/C22H21N3O5/c1-12-18(13(2)30-25-12)11-28-17-7-4-15(5-8-17)22(27)23-16-6-9-20-19(10-16)24-21(26)14(3)29-20/h4-10,14H,11H2,1-3H3,(H,23,27)(H,24,26). The summed E-state index contributed by atoms with van der Waals surface area (Å²) in [5, 5.41) is 9.48.